The highest BCUT2D eigenvalue weighted by Gasteiger charge is 2.09. The SMILES string of the molecule is CN=C(NCc1ccccc1COC)N(C)Cc1ccccc1C.I. The van der Waals surface area contributed by atoms with E-state index in [4.69, 9.17) is 4.74 Å². The van der Waals surface area contributed by atoms with E-state index in [2.05, 4.69) is 71.6 Å². The number of nitrogens with one attached hydrogen (secondary N) is 1. The standard InChI is InChI=1S/C20H27N3O.HI/c1-16-9-5-6-11-18(16)14-23(3)20(21-2)22-13-17-10-7-8-12-19(17)15-24-4;/h5-12H,13-15H2,1-4H3,(H,21,22);1H. The molecule has 0 saturated heterocycles. The van der Waals surface area contributed by atoms with Crippen LogP contribution in [0, 0.1) is 6.92 Å². The highest BCUT2D eigenvalue weighted by Crippen LogP contribution is 2.11. The number of halogens is 1. The lowest BCUT2D eigenvalue weighted by molar-refractivity contribution is 0.184. The van der Waals surface area contributed by atoms with Crippen molar-refractivity contribution in [3.8, 4) is 0 Å². The average Bonchev–Trinajstić information content (AvgIpc) is 2.59. The Kier molecular flexibility index (Phi) is 9.52. The van der Waals surface area contributed by atoms with E-state index in [1.54, 1.807) is 7.11 Å². The van der Waals surface area contributed by atoms with E-state index >= 15 is 0 Å². The molecule has 4 nitrogen and oxygen atoms in total. The van der Waals surface area contributed by atoms with Crippen molar-refractivity contribution in [3.63, 3.8) is 0 Å². The number of guanidine groups is 1. The van der Waals surface area contributed by atoms with Gasteiger partial charge in [0.1, 0.15) is 0 Å². The Morgan fingerprint density at radius 3 is 2.24 bits per heavy atom. The zero-order chi connectivity index (χ0) is 17.4. The first-order valence-electron chi connectivity index (χ1n) is 8.17. The number of aliphatic imine (C=N–C) groups is 1. The molecule has 0 aliphatic heterocycles. The van der Waals surface area contributed by atoms with E-state index in [0.717, 1.165) is 19.0 Å². The molecule has 0 aliphatic carbocycles. The van der Waals surface area contributed by atoms with Gasteiger partial charge in [0.15, 0.2) is 5.96 Å². The van der Waals surface area contributed by atoms with Crippen LogP contribution in [0.3, 0.4) is 0 Å². The summed E-state index contributed by atoms with van der Waals surface area (Å²) in [6.07, 6.45) is 0. The normalized spacial score (nSPS) is 11.0. The summed E-state index contributed by atoms with van der Waals surface area (Å²) >= 11 is 0. The second-order valence-electron chi connectivity index (χ2n) is 5.89. The maximum Gasteiger partial charge on any atom is 0.193 e. The Bertz CT molecular complexity index is 688. The Hall–Kier alpha value is -1.60. The number of hydrogen-bond acceptors (Lipinski definition) is 2. The Labute approximate surface area is 168 Å². The van der Waals surface area contributed by atoms with Crippen LogP contribution in [0.2, 0.25) is 0 Å². The largest absolute Gasteiger partial charge is 0.380 e. The number of hydrogen-bond donors (Lipinski definition) is 1. The molecule has 5 heteroatoms. The molecule has 0 aromatic heterocycles. The molecular weight excluding hydrogens is 425 g/mol. The molecule has 0 amide bonds. The number of benzene rings is 2. The molecule has 1 N–H and O–H groups in total. The molecule has 0 heterocycles. The second-order valence-corrected chi connectivity index (χ2v) is 5.89. The van der Waals surface area contributed by atoms with Gasteiger partial charge in [0.25, 0.3) is 0 Å². The predicted molar refractivity (Wildman–Crippen MR) is 115 cm³/mol. The van der Waals surface area contributed by atoms with Crippen LogP contribution in [-0.4, -0.2) is 32.1 Å². The summed E-state index contributed by atoms with van der Waals surface area (Å²) in [5.74, 6) is 0.880. The first-order chi connectivity index (χ1) is 11.7. The highest BCUT2D eigenvalue weighted by molar-refractivity contribution is 14.0. The van der Waals surface area contributed by atoms with Gasteiger partial charge in [-0.1, -0.05) is 48.5 Å². The third-order valence-corrected chi connectivity index (χ3v) is 4.10. The summed E-state index contributed by atoms with van der Waals surface area (Å²) in [4.78, 5) is 6.54. The number of aryl methyl sites for hydroxylation is 1. The number of methoxy groups -OCH3 is 1. The molecule has 0 bridgehead atoms. The van der Waals surface area contributed by atoms with Crippen molar-refractivity contribution >= 4 is 29.9 Å². The van der Waals surface area contributed by atoms with Gasteiger partial charge >= 0.3 is 0 Å². The van der Waals surface area contributed by atoms with Gasteiger partial charge in [-0.05, 0) is 29.2 Å². The summed E-state index contributed by atoms with van der Waals surface area (Å²) in [6.45, 7) is 4.31. The van der Waals surface area contributed by atoms with Gasteiger partial charge in [0.2, 0.25) is 0 Å². The molecular formula is C20H28IN3O. The van der Waals surface area contributed by atoms with E-state index < -0.39 is 0 Å². The van der Waals surface area contributed by atoms with E-state index in [1.807, 2.05) is 13.1 Å². The zero-order valence-corrected chi connectivity index (χ0v) is 17.8. The second kappa shape index (κ2) is 11.1. The molecule has 2 aromatic carbocycles. The topological polar surface area (TPSA) is 36.9 Å². The molecule has 136 valence electrons. The summed E-state index contributed by atoms with van der Waals surface area (Å²) < 4.78 is 5.27. The van der Waals surface area contributed by atoms with Crippen LogP contribution in [-0.2, 0) is 24.4 Å². The minimum atomic E-state index is 0. The Balaban J connectivity index is 0.00000312. The summed E-state index contributed by atoms with van der Waals surface area (Å²) in [5.41, 5.74) is 5.03. The summed E-state index contributed by atoms with van der Waals surface area (Å²) in [5, 5.41) is 3.44. The fourth-order valence-electron chi connectivity index (χ4n) is 2.70. The van der Waals surface area contributed by atoms with Crippen LogP contribution < -0.4 is 5.32 Å². The van der Waals surface area contributed by atoms with E-state index in [-0.39, 0.29) is 24.0 Å². The van der Waals surface area contributed by atoms with Gasteiger partial charge in [-0.25, -0.2) is 0 Å². The van der Waals surface area contributed by atoms with E-state index in [9.17, 15) is 0 Å². The molecule has 2 rings (SSSR count). The molecule has 0 saturated carbocycles. The van der Waals surface area contributed by atoms with Gasteiger partial charge in [-0.2, -0.15) is 0 Å². The Morgan fingerprint density at radius 2 is 1.64 bits per heavy atom. The van der Waals surface area contributed by atoms with Crippen LogP contribution in [0.4, 0.5) is 0 Å². The fourth-order valence-corrected chi connectivity index (χ4v) is 2.70. The first kappa shape index (κ1) is 21.4. The third-order valence-electron chi connectivity index (χ3n) is 4.10. The summed E-state index contributed by atoms with van der Waals surface area (Å²) in [7, 11) is 5.60. The van der Waals surface area contributed by atoms with Gasteiger partial charge in [0, 0.05) is 34.3 Å². The number of ether oxygens (including phenoxy) is 1. The minimum Gasteiger partial charge on any atom is -0.380 e. The fraction of sp³-hybridized carbons (Fsp3) is 0.350. The molecule has 0 unspecified atom stereocenters. The van der Waals surface area contributed by atoms with Crippen molar-refractivity contribution in [2.45, 2.75) is 26.6 Å². The van der Waals surface area contributed by atoms with Crippen molar-refractivity contribution in [3.05, 3.63) is 70.8 Å². The van der Waals surface area contributed by atoms with Crippen LogP contribution in [0.25, 0.3) is 0 Å². The zero-order valence-electron chi connectivity index (χ0n) is 15.5. The quantitative estimate of drug-likeness (QED) is 0.409. The monoisotopic (exact) mass is 453 g/mol. The first-order valence-corrected chi connectivity index (χ1v) is 8.17. The number of nitrogens with zero attached hydrogens (tertiary/aromatic N) is 2. The number of rotatable bonds is 6. The van der Waals surface area contributed by atoms with Gasteiger partial charge in [-0.3, -0.25) is 4.99 Å². The van der Waals surface area contributed by atoms with Gasteiger partial charge in [-0.15, -0.1) is 24.0 Å². The van der Waals surface area contributed by atoms with Crippen molar-refractivity contribution in [2.24, 2.45) is 4.99 Å². The average molecular weight is 453 g/mol. The van der Waals surface area contributed by atoms with Crippen LogP contribution >= 0.6 is 24.0 Å². The van der Waals surface area contributed by atoms with Crippen LogP contribution in [0.15, 0.2) is 53.5 Å². The van der Waals surface area contributed by atoms with Crippen molar-refractivity contribution in [1.29, 1.82) is 0 Å². The molecule has 0 fully saturated rings. The van der Waals surface area contributed by atoms with Crippen LogP contribution in [0.5, 0.6) is 0 Å². The lowest BCUT2D eigenvalue weighted by Crippen LogP contribution is -2.38. The molecule has 0 radical (unpaired) electrons. The molecule has 2 aromatic rings. The van der Waals surface area contributed by atoms with Crippen molar-refractivity contribution < 1.29 is 4.74 Å². The predicted octanol–water partition coefficient (Wildman–Crippen LogP) is 3.97. The van der Waals surface area contributed by atoms with Crippen LogP contribution in [0.1, 0.15) is 22.3 Å². The van der Waals surface area contributed by atoms with E-state index in [0.29, 0.717) is 6.61 Å². The highest BCUT2D eigenvalue weighted by atomic mass is 127. The lowest BCUT2D eigenvalue weighted by Gasteiger charge is -2.23. The Morgan fingerprint density at radius 1 is 1.04 bits per heavy atom. The molecule has 25 heavy (non-hydrogen) atoms. The third kappa shape index (κ3) is 6.32. The smallest absolute Gasteiger partial charge is 0.193 e. The van der Waals surface area contributed by atoms with Crippen molar-refractivity contribution in [2.75, 3.05) is 21.2 Å². The molecule has 0 spiro atoms. The molecule has 0 aliphatic rings. The lowest BCUT2D eigenvalue weighted by atomic mass is 10.1. The van der Waals surface area contributed by atoms with Gasteiger partial charge in [0.05, 0.1) is 6.61 Å². The van der Waals surface area contributed by atoms with E-state index in [1.165, 1.54) is 22.3 Å². The van der Waals surface area contributed by atoms with Crippen molar-refractivity contribution in [1.82, 2.24) is 10.2 Å². The summed E-state index contributed by atoms with van der Waals surface area (Å²) in [6, 6.07) is 16.8. The maximum absolute atomic E-state index is 5.27. The molecule has 0 atom stereocenters. The minimum absolute atomic E-state index is 0. The maximum atomic E-state index is 5.27. The van der Waals surface area contributed by atoms with Gasteiger partial charge < -0.3 is 15.0 Å².